The maximum atomic E-state index is 11.9. The third-order valence-corrected chi connectivity index (χ3v) is 4.11. The molecule has 0 atom stereocenters. The van der Waals surface area contributed by atoms with Crippen LogP contribution in [0.2, 0.25) is 0 Å². The van der Waals surface area contributed by atoms with E-state index in [1.807, 2.05) is 11.1 Å². The van der Waals surface area contributed by atoms with Gasteiger partial charge in [0, 0.05) is 31.7 Å². The van der Waals surface area contributed by atoms with Gasteiger partial charge in [0.2, 0.25) is 5.91 Å². The van der Waals surface area contributed by atoms with E-state index in [-0.39, 0.29) is 0 Å². The van der Waals surface area contributed by atoms with Crippen LogP contribution >= 0.6 is 0 Å². The highest BCUT2D eigenvalue weighted by Gasteiger charge is 2.22. The quantitative estimate of drug-likeness (QED) is 0.903. The van der Waals surface area contributed by atoms with Crippen LogP contribution in [-0.2, 0) is 4.79 Å². The average molecular weight is 289 g/mol. The van der Waals surface area contributed by atoms with Gasteiger partial charge >= 0.3 is 0 Å². The summed E-state index contributed by atoms with van der Waals surface area (Å²) in [6, 6.07) is 4.63. The number of pyridine rings is 1. The molecule has 116 valence electrons. The molecule has 4 nitrogen and oxygen atoms in total. The molecular formula is C17H27N3O. The number of hydrogen-bond donors (Lipinski definition) is 1. The van der Waals surface area contributed by atoms with Gasteiger partial charge in [-0.2, -0.15) is 0 Å². The first-order chi connectivity index (χ1) is 10.1. The van der Waals surface area contributed by atoms with Gasteiger partial charge in [-0.25, -0.2) is 4.98 Å². The van der Waals surface area contributed by atoms with Crippen LogP contribution in [0.25, 0.3) is 0 Å². The summed E-state index contributed by atoms with van der Waals surface area (Å²) in [5, 5.41) is 3.52. The van der Waals surface area contributed by atoms with E-state index in [1.54, 1.807) is 0 Å². The summed E-state index contributed by atoms with van der Waals surface area (Å²) in [5.41, 5.74) is 1.31. The van der Waals surface area contributed by atoms with Crippen LogP contribution < -0.4 is 5.32 Å². The van der Waals surface area contributed by atoms with Crippen molar-refractivity contribution in [3.05, 3.63) is 23.9 Å². The van der Waals surface area contributed by atoms with Crippen LogP contribution in [0.1, 0.15) is 57.9 Å². The second-order valence-corrected chi connectivity index (χ2v) is 6.18. The molecule has 0 radical (unpaired) electrons. The number of anilines is 1. The van der Waals surface area contributed by atoms with Crippen molar-refractivity contribution < 1.29 is 4.79 Å². The molecule has 21 heavy (non-hydrogen) atoms. The minimum absolute atomic E-state index is 0.302. The molecule has 4 heteroatoms. The lowest BCUT2D eigenvalue weighted by Crippen LogP contribution is -2.42. The van der Waals surface area contributed by atoms with Gasteiger partial charge < -0.3 is 10.2 Å². The van der Waals surface area contributed by atoms with Crippen molar-refractivity contribution in [2.45, 2.75) is 58.4 Å². The summed E-state index contributed by atoms with van der Waals surface area (Å²) < 4.78 is 0. The Morgan fingerprint density at radius 3 is 2.76 bits per heavy atom. The zero-order chi connectivity index (χ0) is 15.2. The van der Waals surface area contributed by atoms with Crippen LogP contribution in [-0.4, -0.2) is 34.9 Å². The summed E-state index contributed by atoms with van der Waals surface area (Å²) in [6.07, 6.45) is 5.49. The third kappa shape index (κ3) is 4.45. The summed E-state index contributed by atoms with van der Waals surface area (Å²) in [7, 11) is 0. The van der Waals surface area contributed by atoms with Crippen LogP contribution in [0.4, 0.5) is 5.82 Å². The van der Waals surface area contributed by atoms with Crippen LogP contribution in [0.3, 0.4) is 0 Å². The van der Waals surface area contributed by atoms with Crippen molar-refractivity contribution in [2.24, 2.45) is 0 Å². The van der Waals surface area contributed by atoms with E-state index in [9.17, 15) is 4.79 Å². The first kappa shape index (κ1) is 15.8. The lowest BCUT2D eigenvalue weighted by atomic mass is 10.0. The van der Waals surface area contributed by atoms with Crippen molar-refractivity contribution >= 4 is 11.7 Å². The minimum Gasteiger partial charge on any atom is -0.367 e. The molecule has 1 aliphatic rings. The smallest absolute Gasteiger partial charge is 0.222 e. The van der Waals surface area contributed by atoms with Gasteiger partial charge in [-0.15, -0.1) is 0 Å². The summed E-state index contributed by atoms with van der Waals surface area (Å²) in [4.78, 5) is 18.3. The molecule has 0 unspecified atom stereocenters. The Hall–Kier alpha value is -1.58. The predicted molar refractivity (Wildman–Crippen MR) is 86.5 cm³/mol. The Bertz CT molecular complexity index is 465. The van der Waals surface area contributed by atoms with Crippen molar-refractivity contribution in [1.29, 1.82) is 0 Å². The Kier molecular flexibility index (Phi) is 5.59. The highest BCUT2D eigenvalue weighted by Crippen LogP contribution is 2.20. The first-order valence-corrected chi connectivity index (χ1v) is 8.10. The second-order valence-electron chi connectivity index (χ2n) is 6.18. The topological polar surface area (TPSA) is 45.2 Å². The van der Waals surface area contributed by atoms with Gasteiger partial charge in [0.1, 0.15) is 5.82 Å². The fraction of sp³-hybridized carbons (Fsp3) is 0.647. The lowest BCUT2D eigenvalue weighted by molar-refractivity contribution is -0.132. The van der Waals surface area contributed by atoms with E-state index in [0.717, 1.165) is 38.2 Å². The average Bonchev–Trinajstić information content (AvgIpc) is 2.48. The van der Waals surface area contributed by atoms with E-state index in [1.165, 1.54) is 5.56 Å². The Balaban J connectivity index is 1.86. The number of nitrogens with zero attached hydrogens (tertiary/aromatic N) is 2. The lowest BCUT2D eigenvalue weighted by Gasteiger charge is -2.32. The first-order valence-electron chi connectivity index (χ1n) is 8.10. The molecule has 1 N–H and O–H groups in total. The molecule has 0 spiro atoms. The van der Waals surface area contributed by atoms with E-state index < -0.39 is 0 Å². The number of likely N-dealkylation sites (tertiary alicyclic amines) is 1. The molecule has 2 rings (SSSR count). The molecule has 1 saturated heterocycles. The summed E-state index contributed by atoms with van der Waals surface area (Å²) in [6.45, 7) is 8.16. The second kappa shape index (κ2) is 7.43. The number of amides is 1. The van der Waals surface area contributed by atoms with Crippen molar-refractivity contribution in [3.63, 3.8) is 0 Å². The minimum atomic E-state index is 0.302. The van der Waals surface area contributed by atoms with E-state index in [4.69, 9.17) is 0 Å². The standard InChI is InChI=1S/C17H27N3O/c1-4-5-17(21)20-10-7-15(8-11-20)19-16-12-14(13(2)3)6-9-18-16/h6,9,12-13,15H,4-5,7-8,10-11H2,1-3H3,(H,18,19). The zero-order valence-electron chi connectivity index (χ0n) is 13.4. The molecule has 2 heterocycles. The predicted octanol–water partition coefficient (Wildman–Crippen LogP) is 3.41. The Morgan fingerprint density at radius 2 is 2.14 bits per heavy atom. The molecule has 1 fully saturated rings. The fourth-order valence-corrected chi connectivity index (χ4v) is 2.74. The molecule has 1 aromatic heterocycles. The number of nitrogens with one attached hydrogen (secondary N) is 1. The van der Waals surface area contributed by atoms with Gasteiger partial charge in [0.05, 0.1) is 0 Å². The number of aromatic nitrogens is 1. The maximum Gasteiger partial charge on any atom is 0.222 e. The number of carbonyl (C=O) groups excluding carboxylic acids is 1. The molecule has 1 aromatic rings. The molecule has 1 aliphatic heterocycles. The van der Waals surface area contributed by atoms with E-state index in [0.29, 0.717) is 24.3 Å². The van der Waals surface area contributed by atoms with Crippen molar-refractivity contribution in [1.82, 2.24) is 9.88 Å². The summed E-state index contributed by atoms with van der Waals surface area (Å²) in [5.74, 6) is 1.78. The van der Waals surface area contributed by atoms with E-state index in [2.05, 4.69) is 43.2 Å². The van der Waals surface area contributed by atoms with Gasteiger partial charge in [0.25, 0.3) is 0 Å². The normalized spacial score (nSPS) is 16.3. The largest absolute Gasteiger partial charge is 0.367 e. The van der Waals surface area contributed by atoms with Crippen molar-refractivity contribution in [3.8, 4) is 0 Å². The van der Waals surface area contributed by atoms with Gasteiger partial charge in [-0.3, -0.25) is 4.79 Å². The monoisotopic (exact) mass is 289 g/mol. The summed E-state index contributed by atoms with van der Waals surface area (Å²) >= 11 is 0. The zero-order valence-corrected chi connectivity index (χ0v) is 13.4. The third-order valence-electron chi connectivity index (χ3n) is 4.11. The van der Waals surface area contributed by atoms with Crippen LogP contribution in [0, 0.1) is 0 Å². The number of carbonyl (C=O) groups is 1. The number of hydrogen-bond acceptors (Lipinski definition) is 3. The highest BCUT2D eigenvalue weighted by molar-refractivity contribution is 5.76. The highest BCUT2D eigenvalue weighted by atomic mass is 16.2. The molecule has 0 saturated carbocycles. The molecule has 0 bridgehead atoms. The SMILES string of the molecule is CCCC(=O)N1CCC(Nc2cc(C(C)C)ccn2)CC1. The number of rotatable bonds is 5. The van der Waals surface area contributed by atoms with Crippen molar-refractivity contribution in [2.75, 3.05) is 18.4 Å². The van der Waals surface area contributed by atoms with Gasteiger partial charge in [-0.05, 0) is 42.9 Å². The van der Waals surface area contributed by atoms with Gasteiger partial charge in [-0.1, -0.05) is 20.8 Å². The molecule has 0 aliphatic carbocycles. The maximum absolute atomic E-state index is 11.9. The molecule has 0 aromatic carbocycles. The number of piperidine rings is 1. The Labute approximate surface area is 127 Å². The Morgan fingerprint density at radius 1 is 1.43 bits per heavy atom. The van der Waals surface area contributed by atoms with Crippen LogP contribution in [0.15, 0.2) is 18.3 Å². The fourth-order valence-electron chi connectivity index (χ4n) is 2.74. The van der Waals surface area contributed by atoms with Crippen LogP contribution in [0.5, 0.6) is 0 Å². The molecular weight excluding hydrogens is 262 g/mol. The van der Waals surface area contributed by atoms with E-state index >= 15 is 0 Å². The molecule has 1 amide bonds. The van der Waals surface area contributed by atoms with Gasteiger partial charge in [0.15, 0.2) is 0 Å².